The molecule has 0 radical (unpaired) electrons. The number of allylic oxidation sites excluding steroid dienone is 27. The van der Waals surface area contributed by atoms with Crippen LogP contribution in [0.25, 0.3) is 0 Å². The first-order chi connectivity index (χ1) is 37.0. The van der Waals surface area contributed by atoms with Crippen LogP contribution in [0.4, 0.5) is 0 Å². The van der Waals surface area contributed by atoms with Crippen LogP contribution >= 0.6 is 0 Å². The van der Waals surface area contributed by atoms with Crippen LogP contribution in [0.15, 0.2) is 170 Å². The molecule has 0 aromatic rings. The summed E-state index contributed by atoms with van der Waals surface area (Å²) in [7, 11) is 0. The standard InChI is InChI=1S/C69H106O6/c1-4-7-10-13-16-19-22-25-28-30-32-33-34-35-37-38-41-44-47-50-53-56-59-62-68(71)74-65-66(64-73-67(70)61-58-55-52-49-46-43-40-27-24-21-18-15-12-9-6-3)75-69(72)63-60-57-54-51-48-45-42-39-36-31-29-26-23-20-17-14-11-8-5-2/h7-12,16-21,25-29,32-33,36,39-40,45-46,48-49,55,58,66H,4-6,13-15,22-24,30-31,34-35,37-38,41-44,47,50-54,56-57,59-65H2,1-3H3/b10-7-,11-8-,12-9-,19-16-,20-17-,21-18-,28-25-,29-26-,33-32-,39-36-,40-27-,48-45-,49-46-,58-55-. The minimum atomic E-state index is -0.847. The van der Waals surface area contributed by atoms with Gasteiger partial charge in [0.05, 0.1) is 6.42 Å². The predicted molar refractivity (Wildman–Crippen MR) is 325 cm³/mol. The van der Waals surface area contributed by atoms with E-state index in [1.807, 2.05) is 6.08 Å². The van der Waals surface area contributed by atoms with Crippen molar-refractivity contribution in [1.82, 2.24) is 0 Å². The maximum Gasteiger partial charge on any atom is 0.309 e. The van der Waals surface area contributed by atoms with E-state index in [-0.39, 0.29) is 38.0 Å². The molecule has 0 saturated carbocycles. The van der Waals surface area contributed by atoms with Gasteiger partial charge in [-0.1, -0.05) is 249 Å². The summed E-state index contributed by atoms with van der Waals surface area (Å²) in [5.41, 5.74) is 0. The molecule has 6 heteroatoms. The van der Waals surface area contributed by atoms with E-state index < -0.39 is 12.1 Å². The van der Waals surface area contributed by atoms with Gasteiger partial charge >= 0.3 is 17.9 Å². The molecular formula is C69H106O6. The highest BCUT2D eigenvalue weighted by Gasteiger charge is 2.19. The van der Waals surface area contributed by atoms with Crippen molar-refractivity contribution in [3.63, 3.8) is 0 Å². The first-order valence-corrected chi connectivity index (χ1v) is 29.6. The molecule has 1 atom stereocenters. The topological polar surface area (TPSA) is 78.9 Å². The fourth-order valence-electron chi connectivity index (χ4n) is 7.41. The average molecular weight is 1030 g/mol. The number of hydrogen-bond acceptors (Lipinski definition) is 6. The third-order valence-corrected chi connectivity index (χ3v) is 11.7. The van der Waals surface area contributed by atoms with Crippen LogP contribution < -0.4 is 0 Å². The number of carbonyl (C=O) groups is 3. The highest BCUT2D eigenvalue weighted by molar-refractivity contribution is 5.72. The second kappa shape index (κ2) is 61.3. The molecule has 0 heterocycles. The predicted octanol–water partition coefficient (Wildman–Crippen LogP) is 20.3. The van der Waals surface area contributed by atoms with E-state index in [2.05, 4.69) is 179 Å². The van der Waals surface area contributed by atoms with Crippen molar-refractivity contribution in [2.45, 2.75) is 232 Å². The van der Waals surface area contributed by atoms with E-state index in [4.69, 9.17) is 14.2 Å². The lowest BCUT2D eigenvalue weighted by atomic mass is 10.1. The molecule has 0 aliphatic heterocycles. The van der Waals surface area contributed by atoms with Crippen molar-refractivity contribution in [3.05, 3.63) is 170 Å². The number of ether oxygens (including phenoxy) is 3. The molecule has 0 rings (SSSR count). The smallest absolute Gasteiger partial charge is 0.309 e. The second-order valence-corrected chi connectivity index (χ2v) is 18.8. The summed E-state index contributed by atoms with van der Waals surface area (Å²) in [6, 6.07) is 0. The summed E-state index contributed by atoms with van der Waals surface area (Å²) in [5.74, 6) is -1.11. The Morgan fingerprint density at radius 3 is 0.880 bits per heavy atom. The fraction of sp³-hybridized carbons (Fsp3) is 0.551. The van der Waals surface area contributed by atoms with Crippen molar-refractivity contribution >= 4 is 17.9 Å². The van der Waals surface area contributed by atoms with Crippen LogP contribution in [-0.4, -0.2) is 37.2 Å². The third-order valence-electron chi connectivity index (χ3n) is 11.7. The van der Waals surface area contributed by atoms with Gasteiger partial charge in [0, 0.05) is 12.8 Å². The molecule has 75 heavy (non-hydrogen) atoms. The first-order valence-electron chi connectivity index (χ1n) is 29.6. The maximum atomic E-state index is 12.9. The lowest BCUT2D eigenvalue weighted by Crippen LogP contribution is -2.30. The largest absolute Gasteiger partial charge is 0.462 e. The van der Waals surface area contributed by atoms with Gasteiger partial charge in [-0.15, -0.1) is 0 Å². The molecule has 0 spiro atoms. The molecule has 0 amide bonds. The van der Waals surface area contributed by atoms with Gasteiger partial charge in [0.1, 0.15) is 13.2 Å². The molecule has 1 unspecified atom stereocenters. The molecule has 0 N–H and O–H groups in total. The fourth-order valence-corrected chi connectivity index (χ4v) is 7.41. The number of hydrogen-bond donors (Lipinski definition) is 0. The van der Waals surface area contributed by atoms with Crippen LogP contribution in [-0.2, 0) is 28.6 Å². The molecular weight excluding hydrogens is 925 g/mol. The van der Waals surface area contributed by atoms with Gasteiger partial charge in [-0.05, 0) is 128 Å². The van der Waals surface area contributed by atoms with Crippen molar-refractivity contribution in [3.8, 4) is 0 Å². The Labute approximate surface area is 460 Å². The lowest BCUT2D eigenvalue weighted by Gasteiger charge is -2.18. The molecule has 0 aromatic carbocycles. The minimum absolute atomic E-state index is 0.110. The van der Waals surface area contributed by atoms with Gasteiger partial charge in [-0.25, -0.2) is 0 Å². The SMILES string of the molecule is CC/C=C\C/C=C\C/C=C\C/C=C\C/C=C\CCCCCC(=O)OC(COC(=O)C/C=C\C/C=C\C/C=C\C/C=C\C/C=C\CC)COC(=O)CCCCCCCCCCCC/C=C\C/C=C\C/C=C\C/C=C\CC. The van der Waals surface area contributed by atoms with Crippen molar-refractivity contribution in [1.29, 1.82) is 0 Å². The van der Waals surface area contributed by atoms with E-state index in [0.717, 1.165) is 128 Å². The number of unbranched alkanes of at least 4 members (excludes halogenated alkanes) is 13. The summed E-state index contributed by atoms with van der Waals surface area (Å²) < 4.78 is 16.7. The highest BCUT2D eigenvalue weighted by atomic mass is 16.6. The third kappa shape index (κ3) is 59.5. The zero-order valence-corrected chi connectivity index (χ0v) is 47.7. The van der Waals surface area contributed by atoms with E-state index >= 15 is 0 Å². The molecule has 0 aliphatic rings. The minimum Gasteiger partial charge on any atom is -0.462 e. The summed E-state index contributed by atoms with van der Waals surface area (Å²) in [5, 5.41) is 0. The maximum absolute atomic E-state index is 12.9. The number of rotatable bonds is 51. The Hall–Kier alpha value is -5.23. The molecule has 0 saturated heterocycles. The second-order valence-electron chi connectivity index (χ2n) is 18.8. The number of carbonyl (C=O) groups excluding carboxylic acids is 3. The van der Waals surface area contributed by atoms with E-state index in [0.29, 0.717) is 12.8 Å². The number of esters is 3. The van der Waals surface area contributed by atoms with Gasteiger partial charge in [0.2, 0.25) is 0 Å². The van der Waals surface area contributed by atoms with Crippen molar-refractivity contribution in [2.24, 2.45) is 0 Å². The van der Waals surface area contributed by atoms with Crippen LogP contribution in [0.2, 0.25) is 0 Å². The Morgan fingerprint density at radius 1 is 0.280 bits per heavy atom. The van der Waals surface area contributed by atoms with Gasteiger partial charge in [-0.3, -0.25) is 14.4 Å². The van der Waals surface area contributed by atoms with Crippen LogP contribution in [0.1, 0.15) is 226 Å². The summed E-state index contributed by atoms with van der Waals surface area (Å²) in [6.07, 6.45) is 90.9. The van der Waals surface area contributed by atoms with Gasteiger partial charge < -0.3 is 14.2 Å². The highest BCUT2D eigenvalue weighted by Crippen LogP contribution is 2.14. The van der Waals surface area contributed by atoms with E-state index in [1.165, 1.54) is 51.4 Å². The molecule has 418 valence electrons. The van der Waals surface area contributed by atoms with E-state index in [9.17, 15) is 14.4 Å². The monoisotopic (exact) mass is 1030 g/mol. The van der Waals surface area contributed by atoms with Crippen molar-refractivity contribution in [2.75, 3.05) is 13.2 Å². The molecule has 0 fully saturated rings. The summed E-state index contributed by atoms with van der Waals surface area (Å²) in [4.78, 5) is 38.2. The lowest BCUT2D eigenvalue weighted by molar-refractivity contribution is -0.166. The Balaban J connectivity index is 4.54. The van der Waals surface area contributed by atoms with Gasteiger partial charge in [0.15, 0.2) is 6.10 Å². The average Bonchev–Trinajstić information content (AvgIpc) is 3.41. The Bertz CT molecular complexity index is 1750. The van der Waals surface area contributed by atoms with E-state index in [1.54, 1.807) is 6.08 Å². The van der Waals surface area contributed by atoms with Gasteiger partial charge in [0.25, 0.3) is 0 Å². The summed E-state index contributed by atoms with van der Waals surface area (Å²) in [6.45, 7) is 6.16. The van der Waals surface area contributed by atoms with Gasteiger partial charge in [-0.2, -0.15) is 0 Å². The van der Waals surface area contributed by atoms with Crippen LogP contribution in [0.3, 0.4) is 0 Å². The quantitative estimate of drug-likeness (QED) is 0.0261. The molecule has 6 nitrogen and oxygen atoms in total. The molecule has 0 bridgehead atoms. The Kier molecular flexibility index (Phi) is 57.0. The molecule has 0 aromatic heterocycles. The zero-order valence-electron chi connectivity index (χ0n) is 47.7. The van der Waals surface area contributed by atoms with Crippen LogP contribution in [0.5, 0.6) is 0 Å². The normalized spacial score (nSPS) is 13.4. The molecule has 0 aliphatic carbocycles. The van der Waals surface area contributed by atoms with Crippen molar-refractivity contribution < 1.29 is 28.6 Å². The Morgan fingerprint density at radius 2 is 0.533 bits per heavy atom. The zero-order chi connectivity index (χ0) is 54.3. The summed E-state index contributed by atoms with van der Waals surface area (Å²) >= 11 is 0. The van der Waals surface area contributed by atoms with Crippen LogP contribution in [0, 0.1) is 0 Å². The first kappa shape index (κ1) is 69.8.